The van der Waals surface area contributed by atoms with Crippen molar-refractivity contribution in [2.24, 2.45) is 5.41 Å². The minimum absolute atomic E-state index is 0.190. The Kier molecular flexibility index (Phi) is 8.92. The Morgan fingerprint density at radius 1 is 1.08 bits per heavy atom. The number of carbonyl (C=O) groups excluding carboxylic acids is 2. The molecule has 2 heterocycles. The van der Waals surface area contributed by atoms with Crippen LogP contribution in [-0.2, 0) is 11.2 Å². The summed E-state index contributed by atoms with van der Waals surface area (Å²) >= 11 is 6.12. The van der Waals surface area contributed by atoms with Gasteiger partial charge in [0.25, 0.3) is 11.8 Å². The average molecular weight is 557 g/mol. The van der Waals surface area contributed by atoms with Gasteiger partial charge in [-0.25, -0.2) is 9.18 Å². The molecule has 206 valence electrons. The molecular formula is C28H30ClFN4O5. The molecule has 2 aromatic rings. The summed E-state index contributed by atoms with van der Waals surface area (Å²) in [7, 11) is 0. The van der Waals surface area contributed by atoms with Gasteiger partial charge in [-0.15, -0.1) is 0 Å². The summed E-state index contributed by atoms with van der Waals surface area (Å²) in [6.45, 7) is 1.16. The number of amides is 3. The molecule has 2 fully saturated rings. The monoisotopic (exact) mass is 556 g/mol. The molecular weight excluding hydrogens is 527 g/mol. The van der Waals surface area contributed by atoms with Gasteiger partial charge in [0.05, 0.1) is 17.0 Å². The Morgan fingerprint density at radius 2 is 1.74 bits per heavy atom. The second-order valence-corrected chi connectivity index (χ2v) is 10.5. The molecule has 11 heteroatoms. The summed E-state index contributed by atoms with van der Waals surface area (Å²) in [5.74, 6) is -0.780. The first-order valence-electron chi connectivity index (χ1n) is 12.8. The largest absolute Gasteiger partial charge is 0.483 e. The fourth-order valence-electron chi connectivity index (χ4n) is 5.02. The van der Waals surface area contributed by atoms with Crippen molar-refractivity contribution < 1.29 is 28.6 Å². The van der Waals surface area contributed by atoms with Crippen molar-refractivity contribution in [3.63, 3.8) is 0 Å². The van der Waals surface area contributed by atoms with Crippen molar-refractivity contribution in [1.29, 1.82) is 5.26 Å². The van der Waals surface area contributed by atoms with Crippen LogP contribution >= 0.6 is 11.6 Å². The van der Waals surface area contributed by atoms with E-state index >= 15 is 0 Å². The zero-order valence-corrected chi connectivity index (χ0v) is 22.1. The number of carbonyl (C=O) groups is 3. The highest BCUT2D eigenvalue weighted by molar-refractivity contribution is 6.31. The maximum Gasteiger partial charge on any atom is 0.407 e. The number of carboxylic acid groups (broad SMARTS) is 1. The van der Waals surface area contributed by atoms with Crippen LogP contribution in [0.4, 0.5) is 9.18 Å². The Balaban J connectivity index is 1.31. The highest BCUT2D eigenvalue weighted by Gasteiger charge is 2.36. The van der Waals surface area contributed by atoms with Crippen LogP contribution in [0, 0.1) is 22.6 Å². The summed E-state index contributed by atoms with van der Waals surface area (Å²) < 4.78 is 19.0. The second-order valence-electron chi connectivity index (χ2n) is 10.0. The summed E-state index contributed by atoms with van der Waals surface area (Å²) in [6.07, 6.45) is 1.47. The quantitative estimate of drug-likeness (QED) is 0.529. The van der Waals surface area contributed by atoms with Crippen LogP contribution in [0.25, 0.3) is 0 Å². The summed E-state index contributed by atoms with van der Waals surface area (Å²) in [5.41, 5.74) is 0.441. The lowest BCUT2D eigenvalue weighted by Crippen LogP contribution is -2.46. The molecule has 0 aliphatic carbocycles. The van der Waals surface area contributed by atoms with Crippen molar-refractivity contribution >= 4 is 29.5 Å². The lowest BCUT2D eigenvalue weighted by molar-refractivity contribution is -0.135. The highest BCUT2D eigenvalue weighted by Crippen LogP contribution is 2.35. The molecule has 2 saturated heterocycles. The van der Waals surface area contributed by atoms with E-state index in [0.717, 1.165) is 5.56 Å². The summed E-state index contributed by atoms with van der Waals surface area (Å²) in [6, 6.07) is 12.9. The minimum atomic E-state index is -0.977. The predicted octanol–water partition coefficient (Wildman–Crippen LogP) is 4.11. The molecule has 0 atom stereocenters. The molecule has 0 bridgehead atoms. The van der Waals surface area contributed by atoms with Crippen molar-refractivity contribution in [2.75, 3.05) is 32.8 Å². The zero-order valence-electron chi connectivity index (χ0n) is 21.4. The number of piperidine rings is 2. The first-order chi connectivity index (χ1) is 18.7. The van der Waals surface area contributed by atoms with Gasteiger partial charge in [-0.05, 0) is 68.0 Å². The smallest absolute Gasteiger partial charge is 0.407 e. The van der Waals surface area contributed by atoms with E-state index < -0.39 is 17.4 Å². The molecule has 9 nitrogen and oxygen atoms in total. The molecule has 2 aliphatic heterocycles. The number of hydrogen-bond donors (Lipinski definition) is 2. The maximum absolute atomic E-state index is 13.2. The topological polar surface area (TPSA) is 123 Å². The first kappa shape index (κ1) is 28.2. The van der Waals surface area contributed by atoms with Gasteiger partial charge in [-0.1, -0.05) is 23.7 Å². The van der Waals surface area contributed by atoms with E-state index in [0.29, 0.717) is 63.3 Å². The van der Waals surface area contributed by atoms with Crippen molar-refractivity contribution in [2.45, 2.75) is 38.1 Å². The van der Waals surface area contributed by atoms with Gasteiger partial charge in [0, 0.05) is 37.2 Å². The summed E-state index contributed by atoms with van der Waals surface area (Å²) in [4.78, 5) is 40.0. The Bertz CT molecular complexity index is 1250. The van der Waals surface area contributed by atoms with Gasteiger partial charge in [0.15, 0.2) is 6.61 Å². The number of nitriles is 1. The number of ether oxygens (including phenoxy) is 1. The normalized spacial score (nSPS) is 17.3. The van der Waals surface area contributed by atoms with Crippen LogP contribution in [0.15, 0.2) is 42.5 Å². The van der Waals surface area contributed by atoms with E-state index in [9.17, 15) is 24.0 Å². The van der Waals surface area contributed by atoms with E-state index in [1.165, 1.54) is 29.2 Å². The predicted molar refractivity (Wildman–Crippen MR) is 141 cm³/mol. The van der Waals surface area contributed by atoms with Gasteiger partial charge in [0.1, 0.15) is 11.6 Å². The molecule has 0 radical (unpaired) electrons. The Hall–Kier alpha value is -3.84. The standard InChI is InChI=1S/C28H30ClFN4O5/c29-20-3-6-24(23(15-20)26(36)32-22-7-11-34(12-8-22)27(37)38)39-17-25(35)33-13-9-28(18-31,10-14-33)16-19-1-4-21(30)5-2-19/h1-6,15,22H,7-14,16-17H2,(H,32,36)(H,37,38). The van der Waals surface area contributed by atoms with Crippen LogP contribution in [0.1, 0.15) is 41.6 Å². The van der Waals surface area contributed by atoms with Crippen molar-refractivity contribution in [1.82, 2.24) is 15.1 Å². The van der Waals surface area contributed by atoms with Gasteiger partial charge >= 0.3 is 6.09 Å². The number of benzene rings is 2. The number of hydrogen-bond acceptors (Lipinski definition) is 5. The fourth-order valence-corrected chi connectivity index (χ4v) is 5.19. The van der Waals surface area contributed by atoms with Gasteiger partial charge < -0.3 is 25.0 Å². The van der Waals surface area contributed by atoms with Crippen LogP contribution < -0.4 is 10.1 Å². The van der Waals surface area contributed by atoms with E-state index in [-0.39, 0.29) is 35.7 Å². The SMILES string of the molecule is N#CC1(Cc2ccc(F)cc2)CCN(C(=O)COc2ccc(Cl)cc2C(=O)NC2CCN(C(=O)O)CC2)CC1. The molecule has 0 spiro atoms. The lowest BCUT2D eigenvalue weighted by atomic mass is 9.75. The molecule has 2 aliphatic rings. The second kappa shape index (κ2) is 12.3. The van der Waals surface area contributed by atoms with Gasteiger partial charge in [-0.3, -0.25) is 9.59 Å². The number of nitrogens with zero attached hydrogens (tertiary/aromatic N) is 3. The third-order valence-corrected chi connectivity index (χ3v) is 7.64. The van der Waals surface area contributed by atoms with Gasteiger partial charge in [0.2, 0.25) is 0 Å². The molecule has 4 rings (SSSR count). The maximum atomic E-state index is 13.2. The molecule has 0 aromatic heterocycles. The molecule has 2 N–H and O–H groups in total. The molecule has 2 aromatic carbocycles. The van der Waals surface area contributed by atoms with E-state index in [1.54, 1.807) is 23.1 Å². The van der Waals surface area contributed by atoms with Crippen molar-refractivity contribution in [3.8, 4) is 11.8 Å². The number of nitrogens with one attached hydrogen (secondary N) is 1. The Morgan fingerprint density at radius 3 is 2.36 bits per heavy atom. The zero-order chi connectivity index (χ0) is 28.0. The van der Waals surface area contributed by atoms with E-state index in [1.807, 2.05) is 0 Å². The number of rotatable bonds is 7. The van der Waals surface area contributed by atoms with Gasteiger partial charge in [-0.2, -0.15) is 5.26 Å². The summed E-state index contributed by atoms with van der Waals surface area (Å²) in [5, 5.41) is 22.2. The number of halogens is 2. The van der Waals surface area contributed by atoms with Crippen LogP contribution in [-0.4, -0.2) is 71.6 Å². The molecule has 3 amide bonds. The lowest BCUT2D eigenvalue weighted by Gasteiger charge is -2.37. The van der Waals surface area contributed by atoms with E-state index in [2.05, 4.69) is 11.4 Å². The average Bonchev–Trinajstić information content (AvgIpc) is 2.94. The minimum Gasteiger partial charge on any atom is -0.483 e. The molecule has 0 saturated carbocycles. The van der Waals surface area contributed by atoms with Crippen molar-refractivity contribution in [3.05, 3.63) is 64.4 Å². The number of likely N-dealkylation sites (tertiary alicyclic amines) is 2. The fraction of sp³-hybridized carbons (Fsp3) is 0.429. The van der Waals surface area contributed by atoms with Crippen LogP contribution in [0.2, 0.25) is 5.02 Å². The third-order valence-electron chi connectivity index (χ3n) is 7.40. The van der Waals surface area contributed by atoms with Crippen LogP contribution in [0.3, 0.4) is 0 Å². The van der Waals surface area contributed by atoms with Crippen LogP contribution in [0.5, 0.6) is 5.75 Å². The first-order valence-corrected chi connectivity index (χ1v) is 13.2. The van der Waals surface area contributed by atoms with E-state index in [4.69, 9.17) is 21.4 Å². The third kappa shape index (κ3) is 7.18. The molecule has 39 heavy (non-hydrogen) atoms. The Labute approximate surface area is 231 Å². The molecule has 0 unspecified atom stereocenters. The highest BCUT2D eigenvalue weighted by atomic mass is 35.5.